The van der Waals surface area contributed by atoms with Crippen LogP contribution < -0.4 is 0 Å². The lowest BCUT2D eigenvalue weighted by atomic mass is 10.1. The van der Waals surface area contributed by atoms with Gasteiger partial charge >= 0.3 is 5.97 Å². The first kappa shape index (κ1) is 21.9. The number of fused-ring (bicyclic) bond motifs is 1. The summed E-state index contributed by atoms with van der Waals surface area (Å²) in [5.41, 5.74) is 1.95. The molecule has 0 bridgehead atoms. The second kappa shape index (κ2) is 9.44. The number of carbonyl (C=O) groups excluding carboxylic acids is 2. The third-order valence-electron chi connectivity index (χ3n) is 5.54. The Morgan fingerprint density at radius 3 is 2.66 bits per heavy atom. The Balaban J connectivity index is 1.29. The third-order valence-corrected chi connectivity index (χ3v) is 5.54. The molecule has 4 rings (SSSR count). The van der Waals surface area contributed by atoms with Crippen molar-refractivity contribution in [2.45, 2.75) is 26.3 Å². The molecule has 168 valence electrons. The maximum atomic E-state index is 13.8. The summed E-state index contributed by atoms with van der Waals surface area (Å²) in [6.45, 7) is 6.34. The molecule has 8 nitrogen and oxygen atoms in total. The summed E-state index contributed by atoms with van der Waals surface area (Å²) >= 11 is 0. The lowest BCUT2D eigenvalue weighted by molar-refractivity contribution is -0.136. The Morgan fingerprint density at radius 2 is 1.94 bits per heavy atom. The standard InChI is InChI=1S/C23H25FN4O4/c1-15(2)21-18-11-17(12-25-22(18)32-26-21)23(30)31-14-20(29)28-9-7-27(8-10-28)13-16-5-3-4-6-19(16)24/h3-6,11-12,15H,7-10,13-14H2,1-2H3. The molecule has 1 saturated heterocycles. The number of esters is 1. The molecule has 0 saturated carbocycles. The van der Waals surface area contributed by atoms with Crippen LogP contribution in [0.4, 0.5) is 4.39 Å². The number of hydrogen-bond donors (Lipinski definition) is 0. The lowest BCUT2D eigenvalue weighted by Crippen LogP contribution is -2.49. The van der Waals surface area contributed by atoms with Crippen LogP contribution >= 0.6 is 0 Å². The van der Waals surface area contributed by atoms with Gasteiger partial charge in [0.25, 0.3) is 11.6 Å². The highest BCUT2D eigenvalue weighted by molar-refractivity contribution is 5.94. The van der Waals surface area contributed by atoms with Crippen LogP contribution in [0.5, 0.6) is 0 Å². The average molecular weight is 440 g/mol. The van der Waals surface area contributed by atoms with Crippen molar-refractivity contribution in [3.8, 4) is 0 Å². The molecule has 0 aliphatic carbocycles. The van der Waals surface area contributed by atoms with Crippen LogP contribution in [0.25, 0.3) is 11.1 Å². The van der Waals surface area contributed by atoms with E-state index in [4.69, 9.17) is 9.26 Å². The third kappa shape index (κ3) is 4.77. The SMILES string of the molecule is CC(C)c1noc2ncc(C(=O)OCC(=O)N3CCN(Cc4ccccc4F)CC3)cc12. The van der Waals surface area contributed by atoms with E-state index in [2.05, 4.69) is 15.0 Å². The van der Waals surface area contributed by atoms with Gasteiger partial charge in [-0.05, 0) is 18.1 Å². The van der Waals surface area contributed by atoms with E-state index in [0.717, 1.165) is 0 Å². The molecular formula is C23H25FN4O4. The van der Waals surface area contributed by atoms with Crippen molar-refractivity contribution < 1.29 is 23.2 Å². The van der Waals surface area contributed by atoms with Gasteiger partial charge in [0, 0.05) is 44.5 Å². The van der Waals surface area contributed by atoms with Crippen molar-refractivity contribution in [3.63, 3.8) is 0 Å². The van der Waals surface area contributed by atoms with E-state index in [1.807, 2.05) is 19.9 Å². The fourth-order valence-electron chi connectivity index (χ4n) is 3.70. The number of halogens is 1. The first-order chi connectivity index (χ1) is 15.4. The van der Waals surface area contributed by atoms with Crippen molar-refractivity contribution in [2.24, 2.45) is 0 Å². The molecule has 0 unspecified atom stereocenters. The Labute approximate surface area is 184 Å². The predicted molar refractivity (Wildman–Crippen MR) is 114 cm³/mol. The summed E-state index contributed by atoms with van der Waals surface area (Å²) < 4.78 is 24.2. The van der Waals surface area contributed by atoms with Crippen LogP contribution in [0.1, 0.15) is 41.4 Å². The normalized spacial score (nSPS) is 14.8. The number of aromatic nitrogens is 2. The molecule has 0 N–H and O–H groups in total. The van der Waals surface area contributed by atoms with Crippen molar-refractivity contribution >= 4 is 23.0 Å². The van der Waals surface area contributed by atoms with Gasteiger partial charge in [-0.2, -0.15) is 0 Å². The molecule has 1 aromatic carbocycles. The number of ether oxygens (including phenoxy) is 1. The fourth-order valence-corrected chi connectivity index (χ4v) is 3.70. The van der Waals surface area contributed by atoms with Gasteiger partial charge < -0.3 is 14.2 Å². The fraction of sp³-hybridized carbons (Fsp3) is 0.391. The van der Waals surface area contributed by atoms with Crippen LogP contribution in [0, 0.1) is 5.82 Å². The van der Waals surface area contributed by atoms with Gasteiger partial charge in [-0.15, -0.1) is 0 Å². The molecule has 1 aliphatic heterocycles. The van der Waals surface area contributed by atoms with Crippen molar-refractivity contribution in [3.05, 3.63) is 59.2 Å². The van der Waals surface area contributed by atoms with Crippen LogP contribution in [-0.4, -0.2) is 64.6 Å². The van der Waals surface area contributed by atoms with Crippen LogP contribution in [-0.2, 0) is 16.1 Å². The molecule has 2 aromatic heterocycles. The van der Waals surface area contributed by atoms with Gasteiger partial charge in [0.1, 0.15) is 5.82 Å². The van der Waals surface area contributed by atoms with E-state index in [0.29, 0.717) is 55.1 Å². The number of amides is 1. The van der Waals surface area contributed by atoms with Gasteiger partial charge in [0.15, 0.2) is 6.61 Å². The van der Waals surface area contributed by atoms with E-state index in [-0.39, 0.29) is 29.8 Å². The summed E-state index contributed by atoms with van der Waals surface area (Å²) in [5.74, 6) is -0.993. The smallest absolute Gasteiger partial charge is 0.340 e. The molecule has 1 aliphatic rings. The predicted octanol–water partition coefficient (Wildman–Crippen LogP) is 2.99. The highest BCUT2D eigenvalue weighted by Gasteiger charge is 2.23. The zero-order chi connectivity index (χ0) is 22.7. The number of rotatable bonds is 6. The van der Waals surface area contributed by atoms with Crippen LogP contribution in [0.15, 0.2) is 41.1 Å². The van der Waals surface area contributed by atoms with Gasteiger partial charge in [-0.25, -0.2) is 14.2 Å². The molecule has 0 spiro atoms. The van der Waals surface area contributed by atoms with Gasteiger partial charge in [0.05, 0.1) is 16.6 Å². The quantitative estimate of drug-likeness (QED) is 0.545. The molecule has 32 heavy (non-hydrogen) atoms. The summed E-state index contributed by atoms with van der Waals surface area (Å²) in [7, 11) is 0. The Hall–Kier alpha value is -3.33. The minimum Gasteiger partial charge on any atom is -0.452 e. The molecule has 3 heterocycles. The lowest BCUT2D eigenvalue weighted by Gasteiger charge is -2.34. The minimum absolute atomic E-state index is 0.114. The first-order valence-electron chi connectivity index (χ1n) is 10.6. The van der Waals surface area contributed by atoms with Crippen LogP contribution in [0.2, 0.25) is 0 Å². The van der Waals surface area contributed by atoms with Gasteiger partial charge in [-0.3, -0.25) is 9.69 Å². The van der Waals surface area contributed by atoms with E-state index in [1.54, 1.807) is 23.1 Å². The van der Waals surface area contributed by atoms with Gasteiger partial charge in [-0.1, -0.05) is 37.2 Å². The maximum absolute atomic E-state index is 13.8. The monoisotopic (exact) mass is 440 g/mol. The molecule has 0 atom stereocenters. The first-order valence-corrected chi connectivity index (χ1v) is 10.6. The summed E-state index contributed by atoms with van der Waals surface area (Å²) in [5, 5.41) is 4.65. The maximum Gasteiger partial charge on any atom is 0.340 e. The second-order valence-corrected chi connectivity index (χ2v) is 8.12. The largest absolute Gasteiger partial charge is 0.452 e. The van der Waals surface area contributed by atoms with Crippen molar-refractivity contribution in [2.75, 3.05) is 32.8 Å². The summed E-state index contributed by atoms with van der Waals surface area (Å²) in [6.07, 6.45) is 1.35. The molecule has 1 fully saturated rings. The van der Waals surface area contributed by atoms with E-state index in [9.17, 15) is 14.0 Å². The number of nitrogens with zero attached hydrogens (tertiary/aromatic N) is 4. The molecule has 9 heteroatoms. The summed E-state index contributed by atoms with van der Waals surface area (Å²) in [4.78, 5) is 32.8. The Kier molecular flexibility index (Phi) is 6.45. The van der Waals surface area contributed by atoms with Crippen molar-refractivity contribution in [1.82, 2.24) is 19.9 Å². The minimum atomic E-state index is -0.623. The number of piperazine rings is 1. The number of hydrogen-bond acceptors (Lipinski definition) is 7. The number of carbonyl (C=O) groups is 2. The van der Waals surface area contributed by atoms with E-state index >= 15 is 0 Å². The average Bonchev–Trinajstić information content (AvgIpc) is 3.23. The highest BCUT2D eigenvalue weighted by atomic mass is 19.1. The van der Waals surface area contributed by atoms with E-state index in [1.165, 1.54) is 12.3 Å². The zero-order valence-corrected chi connectivity index (χ0v) is 18.1. The number of benzene rings is 1. The molecule has 3 aromatic rings. The van der Waals surface area contributed by atoms with E-state index < -0.39 is 5.97 Å². The topological polar surface area (TPSA) is 88.8 Å². The second-order valence-electron chi connectivity index (χ2n) is 8.12. The van der Waals surface area contributed by atoms with Crippen LogP contribution in [0.3, 0.4) is 0 Å². The summed E-state index contributed by atoms with van der Waals surface area (Å²) in [6, 6.07) is 8.32. The molecular weight excluding hydrogens is 415 g/mol. The Morgan fingerprint density at radius 1 is 1.19 bits per heavy atom. The van der Waals surface area contributed by atoms with Crippen molar-refractivity contribution in [1.29, 1.82) is 0 Å². The molecule has 1 amide bonds. The number of pyridine rings is 1. The Bertz CT molecular complexity index is 1120. The highest BCUT2D eigenvalue weighted by Crippen LogP contribution is 2.24. The molecule has 0 radical (unpaired) electrons. The zero-order valence-electron chi connectivity index (χ0n) is 18.1. The van der Waals surface area contributed by atoms with Gasteiger partial charge in [0.2, 0.25) is 0 Å².